The zero-order chi connectivity index (χ0) is 18.7. The smallest absolute Gasteiger partial charge is 0.227 e. The van der Waals surface area contributed by atoms with Crippen molar-refractivity contribution in [2.75, 3.05) is 32.8 Å². The lowest BCUT2D eigenvalue weighted by Gasteiger charge is -2.48. The van der Waals surface area contributed by atoms with E-state index >= 15 is 0 Å². The van der Waals surface area contributed by atoms with Crippen LogP contribution >= 0.6 is 0 Å². The van der Waals surface area contributed by atoms with Crippen molar-refractivity contribution in [2.45, 2.75) is 46.0 Å². The quantitative estimate of drug-likeness (QED) is 0.896. The van der Waals surface area contributed by atoms with Crippen molar-refractivity contribution >= 4 is 11.8 Å². The number of amides is 2. The number of aliphatic hydroxyl groups excluding tert-OH is 1. The first-order valence-corrected chi connectivity index (χ1v) is 9.65. The number of β-amino-alcohol motifs (C(OH)–C–C–N with tert-alkyl or cyclic N) is 1. The van der Waals surface area contributed by atoms with Crippen LogP contribution < -0.4 is 0 Å². The molecule has 2 saturated heterocycles. The Labute approximate surface area is 156 Å². The molecule has 2 fully saturated rings. The molecule has 2 aliphatic rings. The van der Waals surface area contributed by atoms with Gasteiger partial charge in [0, 0.05) is 38.0 Å². The highest BCUT2D eigenvalue weighted by Gasteiger charge is 2.42. The molecular weight excluding hydrogens is 328 g/mol. The maximum Gasteiger partial charge on any atom is 0.227 e. The standard InChI is InChI=1S/C21H30N2O3/c1-16-4-5-17(2)18(12-16)13-20(26)22-9-3-7-21(14-22)8-6-19(25)23(15-21)10-11-24/h4-5,12,24H,3,6-11,13-15H2,1-2H3/t21-/m0/s1. The summed E-state index contributed by atoms with van der Waals surface area (Å²) in [6.07, 6.45) is 3.86. The summed E-state index contributed by atoms with van der Waals surface area (Å²) < 4.78 is 0. The number of benzene rings is 1. The third kappa shape index (κ3) is 4.09. The summed E-state index contributed by atoms with van der Waals surface area (Å²) in [7, 11) is 0. The zero-order valence-corrected chi connectivity index (χ0v) is 16.0. The van der Waals surface area contributed by atoms with Gasteiger partial charge in [-0.05, 0) is 44.2 Å². The molecule has 3 rings (SSSR count). The van der Waals surface area contributed by atoms with Gasteiger partial charge < -0.3 is 14.9 Å². The molecular formula is C21H30N2O3. The van der Waals surface area contributed by atoms with Crippen molar-refractivity contribution in [3.8, 4) is 0 Å². The van der Waals surface area contributed by atoms with Gasteiger partial charge in [-0.2, -0.15) is 0 Å². The SMILES string of the molecule is Cc1ccc(C)c(CC(=O)N2CCC[C@]3(CCC(=O)N(CCO)C3)C2)c1. The molecule has 0 aliphatic carbocycles. The van der Waals surface area contributed by atoms with Gasteiger partial charge in [0.15, 0.2) is 0 Å². The van der Waals surface area contributed by atoms with E-state index < -0.39 is 0 Å². The molecule has 5 heteroatoms. The van der Waals surface area contributed by atoms with E-state index in [9.17, 15) is 14.7 Å². The minimum atomic E-state index is -0.00288. The average Bonchev–Trinajstić information content (AvgIpc) is 2.62. The fraction of sp³-hybridized carbons (Fsp3) is 0.619. The van der Waals surface area contributed by atoms with E-state index in [0.717, 1.165) is 43.5 Å². The Balaban J connectivity index is 1.68. The molecule has 2 amide bonds. The summed E-state index contributed by atoms with van der Waals surface area (Å²) in [5, 5.41) is 9.22. The Morgan fingerprint density at radius 2 is 2.04 bits per heavy atom. The topological polar surface area (TPSA) is 60.9 Å². The van der Waals surface area contributed by atoms with Crippen LogP contribution in [0.25, 0.3) is 0 Å². The van der Waals surface area contributed by atoms with E-state index in [0.29, 0.717) is 25.9 Å². The van der Waals surface area contributed by atoms with E-state index in [4.69, 9.17) is 0 Å². The second-order valence-electron chi connectivity index (χ2n) is 8.06. The van der Waals surface area contributed by atoms with Gasteiger partial charge in [-0.1, -0.05) is 23.8 Å². The molecule has 26 heavy (non-hydrogen) atoms. The molecule has 0 saturated carbocycles. The van der Waals surface area contributed by atoms with E-state index in [1.165, 1.54) is 5.56 Å². The van der Waals surface area contributed by atoms with Crippen LogP contribution in [0.1, 0.15) is 42.4 Å². The number of piperidine rings is 2. The minimum absolute atomic E-state index is 0.00135. The number of nitrogens with zero attached hydrogens (tertiary/aromatic N) is 2. The maximum absolute atomic E-state index is 12.9. The molecule has 1 aromatic carbocycles. The Hall–Kier alpha value is -1.88. The minimum Gasteiger partial charge on any atom is -0.395 e. The van der Waals surface area contributed by atoms with Crippen LogP contribution in [0.2, 0.25) is 0 Å². The predicted octanol–water partition coefficient (Wildman–Crippen LogP) is 2.07. The maximum atomic E-state index is 12.9. The number of likely N-dealkylation sites (tertiary alicyclic amines) is 2. The molecule has 0 unspecified atom stereocenters. The second kappa shape index (κ2) is 7.78. The van der Waals surface area contributed by atoms with Crippen LogP contribution in [0.5, 0.6) is 0 Å². The number of carbonyl (C=O) groups is 2. The molecule has 1 aromatic rings. The third-order valence-corrected chi connectivity index (χ3v) is 5.98. The summed E-state index contributed by atoms with van der Waals surface area (Å²) in [5.74, 6) is 0.312. The van der Waals surface area contributed by atoms with Gasteiger partial charge >= 0.3 is 0 Å². The fourth-order valence-corrected chi connectivity index (χ4v) is 4.45. The first kappa shape index (κ1) is 18.9. The van der Waals surface area contributed by atoms with Gasteiger partial charge in [0.2, 0.25) is 11.8 Å². The second-order valence-corrected chi connectivity index (χ2v) is 8.06. The lowest BCUT2D eigenvalue weighted by atomic mass is 9.73. The molecule has 1 N–H and O–H groups in total. The summed E-state index contributed by atoms with van der Waals surface area (Å²) in [6, 6.07) is 6.26. The molecule has 2 heterocycles. The molecule has 0 radical (unpaired) electrons. The number of hydrogen-bond acceptors (Lipinski definition) is 3. The predicted molar refractivity (Wildman–Crippen MR) is 101 cm³/mol. The summed E-state index contributed by atoms with van der Waals surface area (Å²) in [6.45, 7) is 6.70. The molecule has 0 aromatic heterocycles. The van der Waals surface area contributed by atoms with Crippen molar-refractivity contribution in [2.24, 2.45) is 5.41 Å². The lowest BCUT2D eigenvalue weighted by molar-refractivity contribution is -0.143. The first-order chi connectivity index (χ1) is 12.4. The van der Waals surface area contributed by atoms with Gasteiger partial charge in [-0.15, -0.1) is 0 Å². The van der Waals surface area contributed by atoms with Gasteiger partial charge in [-0.3, -0.25) is 9.59 Å². The molecule has 142 valence electrons. The third-order valence-electron chi connectivity index (χ3n) is 5.98. The highest BCUT2D eigenvalue weighted by atomic mass is 16.3. The van der Waals surface area contributed by atoms with Crippen molar-refractivity contribution < 1.29 is 14.7 Å². The number of hydrogen-bond donors (Lipinski definition) is 1. The monoisotopic (exact) mass is 358 g/mol. The van der Waals surface area contributed by atoms with Crippen LogP contribution in [0, 0.1) is 19.3 Å². The molecule has 1 spiro atoms. The van der Waals surface area contributed by atoms with E-state index in [1.54, 1.807) is 4.90 Å². The fourth-order valence-electron chi connectivity index (χ4n) is 4.45. The number of rotatable bonds is 4. The van der Waals surface area contributed by atoms with E-state index in [1.807, 2.05) is 4.90 Å². The average molecular weight is 358 g/mol. The number of aliphatic hydroxyl groups is 1. The Morgan fingerprint density at radius 3 is 2.81 bits per heavy atom. The molecule has 5 nitrogen and oxygen atoms in total. The van der Waals surface area contributed by atoms with Gasteiger partial charge in [0.25, 0.3) is 0 Å². The summed E-state index contributed by atoms with van der Waals surface area (Å²) >= 11 is 0. The van der Waals surface area contributed by atoms with Crippen LogP contribution in [0.15, 0.2) is 18.2 Å². The Kier molecular flexibility index (Phi) is 5.66. The van der Waals surface area contributed by atoms with Gasteiger partial charge in [0.1, 0.15) is 0 Å². The number of aryl methyl sites for hydroxylation is 2. The normalized spacial score (nSPS) is 23.6. The van der Waals surface area contributed by atoms with Gasteiger partial charge in [0.05, 0.1) is 13.0 Å². The van der Waals surface area contributed by atoms with E-state index in [2.05, 4.69) is 32.0 Å². The highest BCUT2D eigenvalue weighted by Crippen LogP contribution is 2.39. The van der Waals surface area contributed by atoms with Crippen LogP contribution in [-0.2, 0) is 16.0 Å². The van der Waals surface area contributed by atoms with Crippen molar-refractivity contribution in [3.63, 3.8) is 0 Å². The lowest BCUT2D eigenvalue weighted by Crippen LogP contribution is -2.55. The van der Waals surface area contributed by atoms with Crippen LogP contribution in [0.3, 0.4) is 0 Å². The van der Waals surface area contributed by atoms with Gasteiger partial charge in [-0.25, -0.2) is 0 Å². The first-order valence-electron chi connectivity index (χ1n) is 9.65. The van der Waals surface area contributed by atoms with Crippen molar-refractivity contribution in [3.05, 3.63) is 34.9 Å². The van der Waals surface area contributed by atoms with Crippen LogP contribution in [-0.4, -0.2) is 59.5 Å². The number of carbonyl (C=O) groups excluding carboxylic acids is 2. The highest BCUT2D eigenvalue weighted by molar-refractivity contribution is 5.80. The van der Waals surface area contributed by atoms with Crippen LogP contribution in [0.4, 0.5) is 0 Å². The summed E-state index contributed by atoms with van der Waals surface area (Å²) in [4.78, 5) is 28.8. The van der Waals surface area contributed by atoms with E-state index in [-0.39, 0.29) is 23.8 Å². The largest absolute Gasteiger partial charge is 0.395 e. The Bertz CT molecular complexity index is 688. The van der Waals surface area contributed by atoms with Crippen molar-refractivity contribution in [1.29, 1.82) is 0 Å². The summed E-state index contributed by atoms with van der Waals surface area (Å²) in [5.41, 5.74) is 3.45. The Morgan fingerprint density at radius 1 is 1.23 bits per heavy atom. The molecule has 1 atom stereocenters. The van der Waals surface area contributed by atoms with Crippen molar-refractivity contribution in [1.82, 2.24) is 9.80 Å². The zero-order valence-electron chi connectivity index (χ0n) is 16.0. The molecule has 0 bridgehead atoms. The molecule has 2 aliphatic heterocycles.